The molecule has 0 amide bonds. The maximum absolute atomic E-state index is 4.96. The molecule has 0 fully saturated rings. The number of aromatic amines is 1. The van der Waals surface area contributed by atoms with Crippen molar-refractivity contribution in [3.63, 3.8) is 0 Å². The second kappa shape index (κ2) is 4.18. The number of hydrogen-bond acceptors (Lipinski definition) is 4. The molecule has 0 saturated carbocycles. The van der Waals surface area contributed by atoms with Crippen LogP contribution >= 0.6 is 12.2 Å². The summed E-state index contributed by atoms with van der Waals surface area (Å²) in [6, 6.07) is 1.81. The molecule has 4 nitrogen and oxygen atoms in total. The van der Waals surface area contributed by atoms with E-state index in [-0.39, 0.29) is 0 Å². The average molecular weight is 185 g/mol. The van der Waals surface area contributed by atoms with E-state index in [1.807, 2.05) is 13.1 Å². The molecule has 0 aliphatic rings. The molecule has 0 unspecified atom stereocenters. The standard InChI is InChI=1S/C7H11N3OS/c1-8-4-5-3-6(11-2)10-7(12)9-5/h3,8H,4H2,1-2H3,(H,9,10,12). The minimum Gasteiger partial charge on any atom is -0.481 e. The number of H-pyrrole nitrogens is 1. The highest BCUT2D eigenvalue weighted by Gasteiger charge is 1.96. The summed E-state index contributed by atoms with van der Waals surface area (Å²) >= 11 is 4.89. The number of nitrogens with zero attached hydrogens (tertiary/aromatic N) is 1. The van der Waals surface area contributed by atoms with Crippen LogP contribution in [0.3, 0.4) is 0 Å². The van der Waals surface area contributed by atoms with Crippen LogP contribution in [0, 0.1) is 4.77 Å². The van der Waals surface area contributed by atoms with Crippen LogP contribution in [-0.4, -0.2) is 24.1 Å². The summed E-state index contributed by atoms with van der Waals surface area (Å²) in [5.74, 6) is 0.545. The van der Waals surface area contributed by atoms with Crippen LogP contribution in [0.5, 0.6) is 5.88 Å². The highest BCUT2D eigenvalue weighted by molar-refractivity contribution is 7.71. The molecule has 0 aliphatic carbocycles. The SMILES string of the molecule is CNCc1cc(OC)nc(=S)[nH]1. The summed E-state index contributed by atoms with van der Waals surface area (Å²) in [6.07, 6.45) is 0. The molecule has 0 saturated heterocycles. The van der Waals surface area contributed by atoms with Gasteiger partial charge >= 0.3 is 0 Å². The molecular formula is C7H11N3OS. The summed E-state index contributed by atoms with van der Waals surface area (Å²) in [5.41, 5.74) is 0.967. The van der Waals surface area contributed by atoms with Crippen LogP contribution in [0.25, 0.3) is 0 Å². The van der Waals surface area contributed by atoms with Gasteiger partial charge in [-0.1, -0.05) is 0 Å². The average Bonchev–Trinajstić information content (AvgIpc) is 2.04. The maximum atomic E-state index is 4.96. The number of nitrogens with one attached hydrogen (secondary N) is 2. The van der Waals surface area contributed by atoms with Gasteiger partial charge in [0.2, 0.25) is 5.88 Å². The van der Waals surface area contributed by atoms with E-state index in [9.17, 15) is 0 Å². The number of hydrogen-bond donors (Lipinski definition) is 2. The summed E-state index contributed by atoms with van der Waals surface area (Å²) < 4.78 is 5.40. The smallest absolute Gasteiger partial charge is 0.217 e. The Morgan fingerprint density at radius 1 is 1.75 bits per heavy atom. The van der Waals surface area contributed by atoms with Crippen molar-refractivity contribution in [3.8, 4) is 5.88 Å². The monoisotopic (exact) mass is 185 g/mol. The Hall–Kier alpha value is -0.940. The first-order chi connectivity index (χ1) is 5.76. The first-order valence-corrected chi connectivity index (χ1v) is 3.96. The Balaban J connectivity index is 2.98. The normalized spacial score (nSPS) is 9.83. The fourth-order valence-corrected chi connectivity index (χ4v) is 1.09. The lowest BCUT2D eigenvalue weighted by Crippen LogP contribution is -2.07. The Bertz CT molecular complexity index is 310. The van der Waals surface area contributed by atoms with E-state index < -0.39 is 0 Å². The van der Waals surface area contributed by atoms with Crippen molar-refractivity contribution >= 4 is 12.2 Å². The van der Waals surface area contributed by atoms with Gasteiger partial charge in [-0.3, -0.25) is 0 Å². The van der Waals surface area contributed by atoms with Gasteiger partial charge in [0.05, 0.1) is 7.11 Å². The minimum absolute atomic E-state index is 0.444. The number of ether oxygens (including phenoxy) is 1. The second-order valence-corrected chi connectivity index (χ2v) is 2.67. The largest absolute Gasteiger partial charge is 0.481 e. The third-order valence-electron chi connectivity index (χ3n) is 1.35. The maximum Gasteiger partial charge on any atom is 0.217 e. The predicted octanol–water partition coefficient (Wildman–Crippen LogP) is 0.867. The molecule has 0 aliphatic heterocycles. The van der Waals surface area contributed by atoms with E-state index in [4.69, 9.17) is 17.0 Å². The van der Waals surface area contributed by atoms with Gasteiger partial charge < -0.3 is 15.0 Å². The van der Waals surface area contributed by atoms with Crippen molar-refractivity contribution in [2.24, 2.45) is 0 Å². The number of methoxy groups -OCH3 is 1. The number of rotatable bonds is 3. The van der Waals surface area contributed by atoms with E-state index in [0.717, 1.165) is 12.2 Å². The molecule has 2 N–H and O–H groups in total. The van der Waals surface area contributed by atoms with Gasteiger partial charge in [-0.15, -0.1) is 0 Å². The quantitative estimate of drug-likeness (QED) is 0.686. The fraction of sp³-hybridized carbons (Fsp3) is 0.429. The summed E-state index contributed by atoms with van der Waals surface area (Å²) in [5, 5.41) is 3.00. The van der Waals surface area contributed by atoms with Gasteiger partial charge in [0.1, 0.15) is 0 Å². The molecule has 1 aromatic heterocycles. The van der Waals surface area contributed by atoms with Crippen molar-refractivity contribution in [3.05, 3.63) is 16.5 Å². The molecule has 1 aromatic rings. The summed E-state index contributed by atoms with van der Waals surface area (Å²) in [6.45, 7) is 0.725. The zero-order valence-electron chi connectivity index (χ0n) is 7.05. The van der Waals surface area contributed by atoms with Crippen molar-refractivity contribution < 1.29 is 4.74 Å². The van der Waals surface area contributed by atoms with Gasteiger partial charge in [0, 0.05) is 18.3 Å². The first kappa shape index (κ1) is 9.15. The highest BCUT2D eigenvalue weighted by Crippen LogP contribution is 2.05. The molecule has 1 rings (SSSR count). The summed E-state index contributed by atoms with van der Waals surface area (Å²) in [7, 11) is 3.43. The molecular weight excluding hydrogens is 174 g/mol. The first-order valence-electron chi connectivity index (χ1n) is 3.55. The van der Waals surface area contributed by atoms with Crippen molar-refractivity contribution in [1.29, 1.82) is 0 Å². The van der Waals surface area contributed by atoms with E-state index in [1.165, 1.54) is 0 Å². The van der Waals surface area contributed by atoms with Crippen molar-refractivity contribution in [2.75, 3.05) is 14.2 Å². The molecule has 0 spiro atoms. The third kappa shape index (κ3) is 2.28. The lowest BCUT2D eigenvalue weighted by molar-refractivity contribution is 0.395. The summed E-state index contributed by atoms with van der Waals surface area (Å²) in [4.78, 5) is 6.89. The second-order valence-electron chi connectivity index (χ2n) is 2.28. The Kier molecular flexibility index (Phi) is 3.19. The Morgan fingerprint density at radius 3 is 3.08 bits per heavy atom. The fourth-order valence-electron chi connectivity index (χ4n) is 0.873. The lowest BCUT2D eigenvalue weighted by Gasteiger charge is -2.02. The molecule has 0 atom stereocenters. The van der Waals surface area contributed by atoms with Crippen molar-refractivity contribution in [2.45, 2.75) is 6.54 Å². The van der Waals surface area contributed by atoms with E-state index >= 15 is 0 Å². The van der Waals surface area contributed by atoms with E-state index in [1.54, 1.807) is 7.11 Å². The van der Waals surface area contributed by atoms with Gasteiger partial charge in [-0.2, -0.15) is 4.98 Å². The zero-order chi connectivity index (χ0) is 8.97. The Labute approximate surface area is 76.0 Å². The van der Waals surface area contributed by atoms with Crippen molar-refractivity contribution in [1.82, 2.24) is 15.3 Å². The molecule has 0 radical (unpaired) electrons. The van der Waals surface area contributed by atoms with Crippen LogP contribution < -0.4 is 10.1 Å². The van der Waals surface area contributed by atoms with Gasteiger partial charge in [0.25, 0.3) is 0 Å². The molecule has 12 heavy (non-hydrogen) atoms. The van der Waals surface area contributed by atoms with Gasteiger partial charge in [-0.05, 0) is 19.3 Å². The number of aromatic nitrogens is 2. The Morgan fingerprint density at radius 2 is 2.50 bits per heavy atom. The third-order valence-corrected chi connectivity index (χ3v) is 1.55. The van der Waals surface area contributed by atoms with E-state index in [0.29, 0.717) is 10.7 Å². The molecule has 5 heteroatoms. The predicted molar refractivity (Wildman–Crippen MR) is 48.7 cm³/mol. The zero-order valence-corrected chi connectivity index (χ0v) is 7.86. The molecule has 0 bridgehead atoms. The molecule has 1 heterocycles. The van der Waals surface area contributed by atoms with Crippen LogP contribution in [0.4, 0.5) is 0 Å². The molecule has 0 aromatic carbocycles. The van der Waals surface area contributed by atoms with Crippen LogP contribution in [-0.2, 0) is 6.54 Å². The van der Waals surface area contributed by atoms with Gasteiger partial charge in [-0.25, -0.2) is 0 Å². The van der Waals surface area contributed by atoms with Crippen LogP contribution in [0.15, 0.2) is 6.07 Å². The van der Waals surface area contributed by atoms with Crippen LogP contribution in [0.1, 0.15) is 5.69 Å². The molecule has 66 valence electrons. The highest BCUT2D eigenvalue weighted by atomic mass is 32.1. The van der Waals surface area contributed by atoms with Crippen LogP contribution in [0.2, 0.25) is 0 Å². The minimum atomic E-state index is 0.444. The lowest BCUT2D eigenvalue weighted by atomic mass is 10.4. The van der Waals surface area contributed by atoms with Gasteiger partial charge in [0.15, 0.2) is 4.77 Å². The topological polar surface area (TPSA) is 49.9 Å². The van der Waals surface area contributed by atoms with E-state index in [2.05, 4.69) is 15.3 Å².